The quantitative estimate of drug-likeness (QED) is 0.359. The summed E-state index contributed by atoms with van der Waals surface area (Å²) in [4.78, 5) is 35.2. The second-order valence-corrected chi connectivity index (χ2v) is 14.9. The minimum Gasteiger partial charge on any atom is -0.391 e. The standard InChI is InChI=1S/C33H45N7O3S/c1-19-29(44-18-35-19)23-9-11-25-22(13-23)10-12-26(25)36-31(42)28-14-24(41)16-39(28)32(43)30(33(2,3)4)40-17-27(37-38-40)21-7-5-20(15-34)6-8-21/h9,11,13,17-18,20-21,24,26,28,30,41H,5-8,10,12,14-16,34H2,1-4H3,(H,36,42)/t20?,21?,24-,26+,28+,30-/m1/s1. The van der Waals surface area contributed by atoms with Crippen LogP contribution in [0.5, 0.6) is 0 Å². The molecule has 0 bridgehead atoms. The molecule has 2 aromatic heterocycles. The van der Waals surface area contributed by atoms with Gasteiger partial charge in [0.2, 0.25) is 11.8 Å². The van der Waals surface area contributed by atoms with Gasteiger partial charge < -0.3 is 21.1 Å². The van der Waals surface area contributed by atoms with Crippen LogP contribution in [0.4, 0.5) is 0 Å². The summed E-state index contributed by atoms with van der Waals surface area (Å²) in [7, 11) is 0. The molecule has 3 aromatic rings. The van der Waals surface area contributed by atoms with Gasteiger partial charge in [0.05, 0.1) is 33.9 Å². The number of fused-ring (bicyclic) bond motifs is 1. The SMILES string of the molecule is Cc1ncsc1-c1ccc2c(c1)CC[C@@H]2NC(=O)[C@@H]1C[C@@H](O)CN1C(=O)[C@@H](n1cc(C2CCC(CN)CC2)nn1)C(C)(C)C. The number of hydrogen-bond donors (Lipinski definition) is 3. The van der Waals surface area contributed by atoms with Crippen molar-refractivity contribution >= 4 is 23.2 Å². The number of aryl methyl sites for hydroxylation is 2. The molecule has 2 amide bonds. The molecule has 44 heavy (non-hydrogen) atoms. The molecule has 0 radical (unpaired) electrons. The van der Waals surface area contributed by atoms with Gasteiger partial charge in [0, 0.05) is 25.1 Å². The van der Waals surface area contributed by atoms with Crippen molar-refractivity contribution in [3.63, 3.8) is 0 Å². The summed E-state index contributed by atoms with van der Waals surface area (Å²) in [6, 6.07) is 4.87. The Hall–Kier alpha value is -3.15. The first-order valence-corrected chi connectivity index (χ1v) is 16.9. The molecule has 11 heteroatoms. The summed E-state index contributed by atoms with van der Waals surface area (Å²) >= 11 is 1.63. The van der Waals surface area contributed by atoms with Crippen LogP contribution >= 0.6 is 11.3 Å². The molecule has 1 saturated heterocycles. The highest BCUT2D eigenvalue weighted by Crippen LogP contribution is 2.39. The van der Waals surface area contributed by atoms with Gasteiger partial charge in [-0.25, -0.2) is 9.67 Å². The zero-order chi connectivity index (χ0) is 31.2. The number of β-amino-alcohol motifs (C(OH)–C–C–N with tert-alkyl or cyclic N) is 1. The molecule has 6 rings (SSSR count). The van der Waals surface area contributed by atoms with E-state index in [9.17, 15) is 14.7 Å². The topological polar surface area (TPSA) is 139 Å². The van der Waals surface area contributed by atoms with E-state index in [0.717, 1.165) is 67.6 Å². The van der Waals surface area contributed by atoms with E-state index >= 15 is 0 Å². The molecule has 2 fully saturated rings. The van der Waals surface area contributed by atoms with E-state index in [1.165, 1.54) is 10.4 Å². The Kier molecular flexibility index (Phi) is 8.65. The lowest BCUT2D eigenvalue weighted by atomic mass is 9.81. The molecule has 3 aliphatic rings. The Bertz CT molecular complexity index is 1500. The Labute approximate surface area is 263 Å². The number of carbonyl (C=O) groups is 2. The van der Waals surface area contributed by atoms with Gasteiger partial charge in [0.25, 0.3) is 0 Å². The minimum absolute atomic E-state index is 0.118. The van der Waals surface area contributed by atoms with Crippen LogP contribution in [0.2, 0.25) is 0 Å². The van der Waals surface area contributed by atoms with Gasteiger partial charge in [-0.15, -0.1) is 16.4 Å². The molecule has 10 nitrogen and oxygen atoms in total. The van der Waals surface area contributed by atoms with E-state index < -0.39 is 23.6 Å². The predicted octanol–water partition coefficient (Wildman–Crippen LogP) is 4.30. The number of aromatic nitrogens is 4. The fourth-order valence-corrected chi connectivity index (χ4v) is 8.20. The second kappa shape index (κ2) is 12.3. The molecular formula is C33H45N7O3S. The summed E-state index contributed by atoms with van der Waals surface area (Å²) in [6.07, 6.45) is 7.24. The number of rotatable bonds is 7. The number of nitrogens with zero attached hydrogens (tertiary/aromatic N) is 5. The van der Waals surface area contributed by atoms with Gasteiger partial charge in [-0.2, -0.15) is 0 Å². The molecule has 1 aromatic carbocycles. The van der Waals surface area contributed by atoms with Crippen LogP contribution in [-0.4, -0.2) is 67.0 Å². The Morgan fingerprint density at radius 2 is 1.95 bits per heavy atom. The van der Waals surface area contributed by atoms with Gasteiger partial charge >= 0.3 is 0 Å². The highest BCUT2D eigenvalue weighted by molar-refractivity contribution is 7.13. The molecule has 1 aliphatic heterocycles. The summed E-state index contributed by atoms with van der Waals surface area (Å²) < 4.78 is 1.68. The van der Waals surface area contributed by atoms with Crippen LogP contribution in [-0.2, 0) is 16.0 Å². The van der Waals surface area contributed by atoms with Crippen LogP contribution in [0.3, 0.4) is 0 Å². The highest BCUT2D eigenvalue weighted by Gasteiger charge is 2.46. The Balaban J connectivity index is 1.18. The average Bonchev–Trinajstić information content (AvgIpc) is 3.80. The second-order valence-electron chi connectivity index (χ2n) is 14.0. The van der Waals surface area contributed by atoms with Gasteiger partial charge in [0.15, 0.2) is 0 Å². The first-order chi connectivity index (χ1) is 21.0. The smallest absolute Gasteiger partial charge is 0.248 e. The molecule has 4 atom stereocenters. The van der Waals surface area contributed by atoms with Crippen molar-refractivity contribution in [3.8, 4) is 10.4 Å². The van der Waals surface area contributed by atoms with E-state index in [1.807, 2.05) is 39.4 Å². The first-order valence-electron chi connectivity index (χ1n) is 16.0. The fraction of sp³-hybridized carbons (Fsp3) is 0.606. The van der Waals surface area contributed by atoms with Crippen molar-refractivity contribution in [2.45, 2.75) is 103 Å². The van der Waals surface area contributed by atoms with Crippen LogP contribution in [0.15, 0.2) is 29.9 Å². The summed E-state index contributed by atoms with van der Waals surface area (Å²) in [5.41, 5.74) is 12.7. The molecule has 2 aliphatic carbocycles. The molecule has 4 N–H and O–H groups in total. The van der Waals surface area contributed by atoms with E-state index in [2.05, 4.69) is 38.8 Å². The first kappa shape index (κ1) is 30.9. The summed E-state index contributed by atoms with van der Waals surface area (Å²) in [5, 5.41) is 22.8. The van der Waals surface area contributed by atoms with Crippen LogP contribution in [0.25, 0.3) is 10.4 Å². The zero-order valence-electron chi connectivity index (χ0n) is 26.2. The number of amides is 2. The normalized spacial score (nSPS) is 26.0. The number of aliphatic hydroxyl groups excluding tert-OH is 1. The van der Waals surface area contributed by atoms with Crippen molar-refractivity contribution in [3.05, 3.63) is 52.4 Å². The highest BCUT2D eigenvalue weighted by atomic mass is 32.1. The maximum absolute atomic E-state index is 14.3. The molecule has 0 unspecified atom stereocenters. The van der Waals surface area contributed by atoms with Crippen LogP contribution in [0.1, 0.15) is 99.8 Å². The van der Waals surface area contributed by atoms with Gasteiger partial charge in [-0.3, -0.25) is 9.59 Å². The lowest BCUT2D eigenvalue weighted by molar-refractivity contribution is -0.144. The van der Waals surface area contributed by atoms with Crippen LogP contribution in [0, 0.1) is 18.3 Å². The van der Waals surface area contributed by atoms with Crippen molar-refractivity contribution in [1.29, 1.82) is 0 Å². The predicted molar refractivity (Wildman–Crippen MR) is 170 cm³/mol. The zero-order valence-corrected chi connectivity index (χ0v) is 27.0. The maximum Gasteiger partial charge on any atom is 0.248 e. The molecule has 1 saturated carbocycles. The maximum atomic E-state index is 14.3. The summed E-state index contributed by atoms with van der Waals surface area (Å²) in [5.74, 6) is 0.441. The third kappa shape index (κ3) is 6.06. The lowest BCUT2D eigenvalue weighted by Crippen LogP contribution is -2.50. The van der Waals surface area contributed by atoms with Crippen molar-refractivity contribution in [1.82, 2.24) is 30.2 Å². The molecule has 236 valence electrons. The molecular weight excluding hydrogens is 574 g/mol. The largest absolute Gasteiger partial charge is 0.391 e. The number of benzene rings is 1. The van der Waals surface area contributed by atoms with E-state index in [1.54, 1.807) is 20.9 Å². The van der Waals surface area contributed by atoms with Gasteiger partial charge in [0.1, 0.15) is 12.1 Å². The fourth-order valence-electron chi connectivity index (χ4n) is 7.40. The number of aliphatic hydroxyl groups is 1. The third-order valence-corrected chi connectivity index (χ3v) is 10.8. The Morgan fingerprint density at radius 1 is 1.18 bits per heavy atom. The number of thiazole rings is 1. The lowest BCUT2D eigenvalue weighted by Gasteiger charge is -2.35. The van der Waals surface area contributed by atoms with E-state index in [-0.39, 0.29) is 30.8 Å². The van der Waals surface area contributed by atoms with Gasteiger partial charge in [-0.05, 0) is 86.1 Å². The van der Waals surface area contributed by atoms with Crippen molar-refractivity contribution in [2.24, 2.45) is 17.1 Å². The molecule has 3 heterocycles. The molecule has 0 spiro atoms. The van der Waals surface area contributed by atoms with E-state index in [4.69, 9.17) is 5.73 Å². The van der Waals surface area contributed by atoms with Crippen molar-refractivity contribution in [2.75, 3.05) is 13.1 Å². The number of likely N-dealkylation sites (tertiary alicyclic amines) is 1. The number of hydrogen-bond acceptors (Lipinski definition) is 8. The van der Waals surface area contributed by atoms with Gasteiger partial charge in [-0.1, -0.05) is 38.1 Å². The number of carbonyl (C=O) groups excluding carboxylic acids is 2. The Morgan fingerprint density at radius 3 is 2.64 bits per heavy atom. The number of nitrogens with two attached hydrogens (primary N) is 1. The monoisotopic (exact) mass is 619 g/mol. The third-order valence-electron chi connectivity index (χ3n) is 9.85. The summed E-state index contributed by atoms with van der Waals surface area (Å²) in [6.45, 7) is 8.86. The van der Waals surface area contributed by atoms with Crippen molar-refractivity contribution < 1.29 is 14.7 Å². The minimum atomic E-state index is -0.763. The average molecular weight is 620 g/mol. The van der Waals surface area contributed by atoms with E-state index in [0.29, 0.717) is 11.8 Å². The number of nitrogens with one attached hydrogen (secondary N) is 1. The van der Waals surface area contributed by atoms with Crippen LogP contribution < -0.4 is 11.1 Å².